The zero-order valence-corrected chi connectivity index (χ0v) is 24.6. The van der Waals surface area contributed by atoms with Gasteiger partial charge >= 0.3 is 25.5 Å². The average Bonchev–Trinajstić information content (AvgIpc) is 3.91. The van der Waals surface area contributed by atoms with E-state index >= 15 is 0 Å². The fourth-order valence-electron chi connectivity index (χ4n) is 4.95. The molecule has 0 bridgehead atoms. The minimum Gasteiger partial charge on any atom is -0.455 e. The van der Waals surface area contributed by atoms with Crippen molar-refractivity contribution in [1.82, 2.24) is 9.55 Å². The summed E-state index contributed by atoms with van der Waals surface area (Å²) in [5.74, 6) is -2.20. The summed E-state index contributed by atoms with van der Waals surface area (Å²) in [4.78, 5) is 55.4. The Morgan fingerprint density at radius 2 is 1.86 bits per heavy atom. The van der Waals surface area contributed by atoms with Crippen LogP contribution in [0.5, 0.6) is 0 Å². The van der Waals surface area contributed by atoms with Gasteiger partial charge in [0, 0.05) is 28.6 Å². The van der Waals surface area contributed by atoms with Crippen LogP contribution in [0.4, 0.5) is 0 Å². The van der Waals surface area contributed by atoms with Crippen molar-refractivity contribution in [2.75, 3.05) is 13.2 Å². The van der Waals surface area contributed by atoms with Gasteiger partial charge in [-0.3, -0.25) is 37.5 Å². The van der Waals surface area contributed by atoms with Gasteiger partial charge in [0.2, 0.25) is 5.72 Å². The van der Waals surface area contributed by atoms with Crippen LogP contribution < -0.4 is 11.2 Å². The number of phosphoric acid groups is 1. The number of aromatic nitrogens is 2. The third-order valence-electron chi connectivity index (χ3n) is 7.54. The summed E-state index contributed by atoms with van der Waals surface area (Å²) in [6.45, 7) is -0.897. The van der Waals surface area contributed by atoms with Crippen molar-refractivity contribution in [2.45, 2.75) is 62.4 Å². The molecule has 18 heteroatoms. The fraction of sp³-hybridized carbons (Fsp3) is 0.538. The lowest BCUT2D eigenvalue weighted by Crippen LogP contribution is -2.49. The molecule has 6 rings (SSSR count). The highest BCUT2D eigenvalue weighted by Gasteiger charge is 2.62. The number of esters is 2. The minimum atomic E-state index is -4.37. The number of carbonyl (C=O) groups excluding carboxylic acids is 2. The number of halogens is 1. The molecule has 3 heterocycles. The Morgan fingerprint density at radius 3 is 2.52 bits per heavy atom. The normalized spacial score (nSPS) is 31.6. The molecule has 6 atom stereocenters. The van der Waals surface area contributed by atoms with E-state index in [2.05, 4.69) is 15.0 Å². The van der Waals surface area contributed by atoms with Crippen LogP contribution in [0.2, 0.25) is 5.02 Å². The standard InChI is InChI=1S/C26H27ClN5O11P/c27-17-3-1-2-16(12-17)18-9-11-38-44(37,43-18)39-13-26(30-31-28)21(41-24(35)15-6-7-15)20(40-23(34)14-4-5-14)22(42-26)32-10-8-19(33)29-25(32)36/h1-3,8,10,12,14-15,18,20-22H,4-7,9,11,13H2,(H,29,33,36)/t18-,20+,21-,22+,26+,44?/m0/s1. The number of H-pyrrole nitrogens is 1. The molecule has 2 saturated carbocycles. The number of aromatic amines is 1. The summed E-state index contributed by atoms with van der Waals surface area (Å²) in [7, 11) is -4.37. The van der Waals surface area contributed by atoms with Gasteiger partial charge in [-0.05, 0) is 48.9 Å². The number of benzene rings is 1. The van der Waals surface area contributed by atoms with Crippen molar-refractivity contribution in [3.8, 4) is 0 Å². The molecule has 4 fully saturated rings. The lowest BCUT2D eigenvalue weighted by Gasteiger charge is -2.33. The Kier molecular flexibility index (Phi) is 8.42. The van der Waals surface area contributed by atoms with Gasteiger partial charge in [-0.25, -0.2) is 9.36 Å². The van der Waals surface area contributed by atoms with Crippen LogP contribution in [0.3, 0.4) is 0 Å². The molecule has 2 aliphatic heterocycles. The lowest BCUT2D eigenvalue weighted by molar-refractivity contribution is -0.175. The smallest absolute Gasteiger partial charge is 0.455 e. The molecular weight excluding hydrogens is 625 g/mol. The molecular formula is C26H27ClN5O11P. The van der Waals surface area contributed by atoms with E-state index in [9.17, 15) is 29.3 Å². The maximum Gasteiger partial charge on any atom is 0.475 e. The largest absolute Gasteiger partial charge is 0.475 e. The second-order valence-electron chi connectivity index (χ2n) is 10.9. The molecule has 1 N–H and O–H groups in total. The number of rotatable bonds is 10. The first-order chi connectivity index (χ1) is 21.1. The molecule has 4 aliphatic rings. The molecule has 16 nitrogen and oxygen atoms in total. The number of ether oxygens (including phenoxy) is 3. The van der Waals surface area contributed by atoms with E-state index in [4.69, 9.17) is 39.4 Å². The van der Waals surface area contributed by atoms with Gasteiger partial charge < -0.3 is 14.2 Å². The Balaban J connectivity index is 1.35. The van der Waals surface area contributed by atoms with E-state index in [1.165, 1.54) is 0 Å². The first-order valence-electron chi connectivity index (χ1n) is 13.9. The molecule has 0 radical (unpaired) electrons. The van der Waals surface area contributed by atoms with Gasteiger partial charge in [0.1, 0.15) is 0 Å². The number of hydrogen-bond donors (Lipinski definition) is 1. The quantitative estimate of drug-likeness (QED) is 0.129. The first-order valence-corrected chi connectivity index (χ1v) is 15.7. The van der Waals surface area contributed by atoms with E-state index in [-0.39, 0.29) is 6.61 Å². The highest BCUT2D eigenvalue weighted by Crippen LogP contribution is 2.58. The van der Waals surface area contributed by atoms with E-state index in [1.54, 1.807) is 24.3 Å². The van der Waals surface area contributed by atoms with Crippen LogP contribution in [0.15, 0.2) is 51.2 Å². The number of carbonyl (C=O) groups is 2. The molecule has 1 aromatic heterocycles. The second kappa shape index (κ2) is 12.1. The summed E-state index contributed by atoms with van der Waals surface area (Å²) >= 11 is 6.11. The molecule has 1 unspecified atom stereocenters. The Labute approximate surface area is 253 Å². The van der Waals surface area contributed by atoms with Crippen molar-refractivity contribution in [3.63, 3.8) is 0 Å². The van der Waals surface area contributed by atoms with E-state index in [1.807, 2.05) is 0 Å². The van der Waals surface area contributed by atoms with Crippen LogP contribution in [0.1, 0.15) is 50.0 Å². The lowest BCUT2D eigenvalue weighted by atomic mass is 10.0. The van der Waals surface area contributed by atoms with E-state index in [0.29, 0.717) is 42.7 Å². The first kappa shape index (κ1) is 30.5. The van der Waals surface area contributed by atoms with Gasteiger partial charge in [-0.2, -0.15) is 0 Å². The molecule has 2 saturated heterocycles. The predicted molar refractivity (Wildman–Crippen MR) is 148 cm³/mol. The Bertz CT molecular complexity index is 1670. The monoisotopic (exact) mass is 651 g/mol. The zero-order chi connectivity index (χ0) is 31.1. The van der Waals surface area contributed by atoms with Crippen LogP contribution >= 0.6 is 19.4 Å². The van der Waals surface area contributed by atoms with Crippen LogP contribution in [-0.2, 0) is 41.9 Å². The van der Waals surface area contributed by atoms with E-state index in [0.717, 1.165) is 16.8 Å². The van der Waals surface area contributed by atoms with Crippen LogP contribution in [0, 0.1) is 11.8 Å². The number of azide groups is 1. The summed E-state index contributed by atoms with van der Waals surface area (Å²) in [6.07, 6.45) is -1.86. The van der Waals surface area contributed by atoms with Gasteiger partial charge in [0.15, 0.2) is 18.4 Å². The number of nitrogens with one attached hydrogen (secondary N) is 1. The van der Waals surface area contributed by atoms with E-state index < -0.39 is 79.7 Å². The highest BCUT2D eigenvalue weighted by atomic mass is 35.5. The highest BCUT2D eigenvalue weighted by molar-refractivity contribution is 7.48. The Hall–Kier alpha value is -3.49. The average molecular weight is 652 g/mol. The molecule has 44 heavy (non-hydrogen) atoms. The SMILES string of the molecule is [N-]=[N+]=N[C@]1(COP2(=O)OCC[C@@H](c3cccc(Cl)c3)O2)O[C@@H](n2ccc(=O)[nH]c2=O)[C@H](OC(=O)C2CC2)[C@@H]1OC(=O)C1CC1. The summed E-state index contributed by atoms with van der Waals surface area (Å²) in [5, 5.41) is 4.18. The number of phosphoric ester groups is 1. The topological polar surface area (TPSA) is 210 Å². The molecule has 0 spiro atoms. The maximum atomic E-state index is 13.7. The van der Waals surface area contributed by atoms with Crippen molar-refractivity contribution >= 4 is 31.4 Å². The molecule has 2 aromatic rings. The molecule has 2 aliphatic carbocycles. The van der Waals surface area contributed by atoms with Crippen molar-refractivity contribution < 1.29 is 41.9 Å². The summed E-state index contributed by atoms with van der Waals surface area (Å²) in [5.41, 5.74) is 6.24. The predicted octanol–water partition coefficient (Wildman–Crippen LogP) is 3.67. The van der Waals surface area contributed by atoms with Gasteiger partial charge in [-0.15, -0.1) is 0 Å². The zero-order valence-electron chi connectivity index (χ0n) is 23.0. The van der Waals surface area contributed by atoms with Crippen molar-refractivity contribution in [1.29, 1.82) is 0 Å². The molecule has 0 amide bonds. The molecule has 1 aromatic carbocycles. The van der Waals surface area contributed by atoms with Crippen molar-refractivity contribution in [2.24, 2.45) is 17.0 Å². The third-order valence-corrected chi connectivity index (χ3v) is 9.23. The third kappa shape index (κ3) is 6.47. The Morgan fingerprint density at radius 1 is 1.14 bits per heavy atom. The van der Waals surface area contributed by atoms with Crippen molar-refractivity contribution in [3.05, 3.63) is 78.4 Å². The van der Waals surface area contributed by atoms with Crippen LogP contribution in [0.25, 0.3) is 10.4 Å². The fourth-order valence-corrected chi connectivity index (χ4v) is 6.55. The molecule has 234 valence electrons. The minimum absolute atomic E-state index is 0.0268. The van der Waals surface area contributed by atoms with Gasteiger partial charge in [-0.1, -0.05) is 28.8 Å². The number of hydrogen-bond acceptors (Lipinski definition) is 12. The van der Waals surface area contributed by atoms with Gasteiger partial charge in [0.25, 0.3) is 5.56 Å². The van der Waals surface area contributed by atoms with Gasteiger partial charge in [0.05, 0.1) is 31.2 Å². The summed E-state index contributed by atoms with van der Waals surface area (Å²) in [6, 6.07) is 7.76. The maximum absolute atomic E-state index is 13.7. The summed E-state index contributed by atoms with van der Waals surface area (Å²) < 4.78 is 48.8. The second-order valence-corrected chi connectivity index (χ2v) is 12.9. The number of nitrogens with zero attached hydrogens (tertiary/aromatic N) is 4. The van der Waals surface area contributed by atoms with Crippen LogP contribution in [-0.4, -0.2) is 52.6 Å².